The van der Waals surface area contributed by atoms with E-state index in [4.69, 9.17) is 15.0 Å². The quantitative estimate of drug-likeness (QED) is 0.168. The normalized spacial score (nSPS) is 14.2. The van der Waals surface area contributed by atoms with Crippen LogP contribution >= 0.6 is 0 Å². The molecule has 62 heavy (non-hydrogen) atoms. The van der Waals surface area contributed by atoms with Gasteiger partial charge < -0.3 is 0 Å². The molecular weight excluding hydrogens is 753 g/mol. The Hall–Kier alpha value is -7.69. The summed E-state index contributed by atoms with van der Waals surface area (Å²) >= 11 is 0. The fourth-order valence-corrected chi connectivity index (χ4v) is 10.1. The number of rotatable bonds is 6. The third-order valence-electron chi connectivity index (χ3n) is 13.3. The molecule has 0 atom stereocenters. The van der Waals surface area contributed by atoms with E-state index in [1.807, 2.05) is 30.6 Å². The van der Waals surface area contributed by atoms with Gasteiger partial charge in [-0.25, -0.2) is 9.97 Å². The summed E-state index contributed by atoms with van der Waals surface area (Å²) < 4.78 is 2.35. The average Bonchev–Trinajstić information content (AvgIpc) is 3.79. The molecule has 0 radical (unpaired) electrons. The van der Waals surface area contributed by atoms with Gasteiger partial charge in [-0.2, -0.15) is 0 Å². The molecule has 2 aliphatic rings. The summed E-state index contributed by atoms with van der Waals surface area (Å²) in [4.78, 5) is 15.0. The Morgan fingerprint density at radius 3 is 1.94 bits per heavy atom. The lowest BCUT2D eigenvalue weighted by Crippen LogP contribution is -2.15. The van der Waals surface area contributed by atoms with Crippen molar-refractivity contribution < 1.29 is 0 Å². The van der Waals surface area contributed by atoms with Gasteiger partial charge in [-0.15, -0.1) is 0 Å². The van der Waals surface area contributed by atoms with E-state index in [0.29, 0.717) is 0 Å². The molecule has 0 spiro atoms. The van der Waals surface area contributed by atoms with Gasteiger partial charge in [0.25, 0.3) is 0 Å². The second-order valence-corrected chi connectivity index (χ2v) is 17.1. The lowest BCUT2D eigenvalue weighted by atomic mass is 9.82. The Morgan fingerprint density at radius 1 is 0.435 bits per heavy atom. The van der Waals surface area contributed by atoms with E-state index in [1.54, 1.807) is 0 Å². The van der Waals surface area contributed by atoms with Crippen molar-refractivity contribution in [2.75, 3.05) is 0 Å². The number of nitrogens with zero attached hydrogens (tertiary/aromatic N) is 4. The number of hydrogen-bond acceptors (Lipinski definition) is 3. The summed E-state index contributed by atoms with van der Waals surface area (Å²) in [6, 6.07) is 61.3. The first-order valence-electron chi connectivity index (χ1n) is 21.6. The molecule has 4 aromatic heterocycles. The van der Waals surface area contributed by atoms with Gasteiger partial charge in [0.1, 0.15) is 5.65 Å². The minimum absolute atomic E-state index is 0.0819. The molecule has 4 nitrogen and oxygen atoms in total. The number of aromatic nitrogens is 4. The SMILES string of the molecule is CC1(C)c2ccccc2-c2ccc(-n3c4ccc(C5=CC=C(c6cc(-c7ccccn7)nc(-c7ccc(-c8ccccc8)c8ccccc78)c6)CC5)cc4c4cccnc43)cc21. The van der Waals surface area contributed by atoms with Crippen molar-refractivity contribution >= 4 is 43.9 Å². The molecule has 2 aliphatic carbocycles. The highest BCUT2D eigenvalue weighted by Crippen LogP contribution is 2.49. The Labute approximate surface area is 361 Å². The average molecular weight is 795 g/mol. The van der Waals surface area contributed by atoms with Crippen LogP contribution in [0.25, 0.3) is 94.4 Å². The molecule has 4 heteroatoms. The van der Waals surface area contributed by atoms with E-state index in [9.17, 15) is 0 Å². The molecule has 0 saturated carbocycles. The predicted octanol–water partition coefficient (Wildman–Crippen LogP) is 14.7. The molecule has 0 N–H and O–H groups in total. The van der Waals surface area contributed by atoms with Crippen LogP contribution in [0.2, 0.25) is 0 Å². The van der Waals surface area contributed by atoms with Crippen molar-refractivity contribution in [1.29, 1.82) is 0 Å². The van der Waals surface area contributed by atoms with E-state index in [0.717, 1.165) is 52.2 Å². The summed E-state index contributed by atoms with van der Waals surface area (Å²) in [5, 5.41) is 4.78. The maximum Gasteiger partial charge on any atom is 0.145 e. The zero-order chi connectivity index (χ0) is 41.4. The van der Waals surface area contributed by atoms with Crippen molar-refractivity contribution in [1.82, 2.24) is 19.5 Å². The standard InChI is InChI=1S/C58H42N4/c1-58(2)51-19-9-8-17-46(51)47-27-26-42(36-52(47)58)62-56-30-25-40(33-50(56)49-18-12-32-60-57(49)62)37-21-23-38(24-22-37)41-34-54(61-55(35-41)53-20-10-11-31-59-53)48-29-28-43(39-13-4-3-5-14-39)44-15-6-7-16-45(44)48/h3-21,23,25-36H,22,24H2,1-2H3. The van der Waals surface area contributed by atoms with Gasteiger partial charge in [0.05, 0.1) is 22.6 Å². The van der Waals surface area contributed by atoms with Crippen LogP contribution in [0.1, 0.15) is 48.9 Å². The minimum Gasteiger partial charge on any atom is -0.294 e. The maximum absolute atomic E-state index is 5.28. The van der Waals surface area contributed by atoms with Crippen LogP contribution in [0, 0.1) is 0 Å². The van der Waals surface area contributed by atoms with Crippen molar-refractivity contribution in [3.05, 3.63) is 217 Å². The fraction of sp³-hybridized carbons (Fsp3) is 0.0862. The molecule has 0 fully saturated rings. The summed E-state index contributed by atoms with van der Waals surface area (Å²) in [6.45, 7) is 4.68. The Bertz CT molecular complexity index is 3480. The number of pyridine rings is 3. The molecule has 12 rings (SSSR count). The fourth-order valence-electron chi connectivity index (χ4n) is 10.1. The summed E-state index contributed by atoms with van der Waals surface area (Å²) in [6.07, 6.45) is 10.2. The van der Waals surface area contributed by atoms with Gasteiger partial charge >= 0.3 is 0 Å². The van der Waals surface area contributed by atoms with Crippen LogP contribution in [-0.4, -0.2) is 19.5 Å². The molecule has 0 bridgehead atoms. The third-order valence-corrected chi connectivity index (χ3v) is 13.3. The van der Waals surface area contributed by atoms with Crippen LogP contribution in [0.5, 0.6) is 0 Å². The Morgan fingerprint density at radius 2 is 1.11 bits per heavy atom. The number of hydrogen-bond donors (Lipinski definition) is 0. The van der Waals surface area contributed by atoms with Gasteiger partial charge in [-0.05, 0) is 140 Å². The molecule has 0 aliphatic heterocycles. The molecular formula is C58H42N4. The van der Waals surface area contributed by atoms with Crippen molar-refractivity contribution in [2.24, 2.45) is 0 Å². The maximum atomic E-state index is 5.28. The molecule has 0 unspecified atom stereocenters. The van der Waals surface area contributed by atoms with E-state index >= 15 is 0 Å². The largest absolute Gasteiger partial charge is 0.294 e. The van der Waals surface area contributed by atoms with Gasteiger partial charge in [0, 0.05) is 39.8 Å². The first-order chi connectivity index (χ1) is 30.5. The summed E-state index contributed by atoms with van der Waals surface area (Å²) in [5.74, 6) is 0. The van der Waals surface area contributed by atoms with E-state index < -0.39 is 0 Å². The second kappa shape index (κ2) is 14.2. The highest BCUT2D eigenvalue weighted by atomic mass is 15.0. The lowest BCUT2D eigenvalue weighted by molar-refractivity contribution is 0.660. The number of fused-ring (bicyclic) bond motifs is 7. The van der Waals surface area contributed by atoms with Gasteiger partial charge in [-0.3, -0.25) is 9.55 Å². The van der Waals surface area contributed by atoms with Crippen LogP contribution in [0.15, 0.2) is 194 Å². The van der Waals surface area contributed by atoms with Crippen LogP contribution < -0.4 is 0 Å². The van der Waals surface area contributed by atoms with Gasteiger partial charge in [-0.1, -0.05) is 135 Å². The van der Waals surface area contributed by atoms with E-state index in [-0.39, 0.29) is 5.41 Å². The third kappa shape index (κ3) is 5.78. The van der Waals surface area contributed by atoms with E-state index in [1.165, 1.54) is 77.3 Å². The van der Waals surface area contributed by atoms with Crippen molar-refractivity contribution in [2.45, 2.75) is 32.1 Å². The van der Waals surface area contributed by atoms with Gasteiger partial charge in [0.15, 0.2) is 0 Å². The highest BCUT2D eigenvalue weighted by molar-refractivity contribution is 6.09. The number of allylic oxidation sites excluding steroid dienone is 4. The molecule has 10 aromatic rings. The zero-order valence-corrected chi connectivity index (χ0v) is 34.7. The molecule has 294 valence electrons. The van der Waals surface area contributed by atoms with E-state index in [2.05, 4.69) is 182 Å². The number of benzene rings is 6. The Balaban J connectivity index is 0.934. The molecule has 0 saturated heterocycles. The predicted molar refractivity (Wildman–Crippen MR) is 257 cm³/mol. The monoisotopic (exact) mass is 794 g/mol. The molecule has 0 amide bonds. The second-order valence-electron chi connectivity index (χ2n) is 17.1. The van der Waals surface area contributed by atoms with Crippen molar-refractivity contribution in [3.63, 3.8) is 0 Å². The highest BCUT2D eigenvalue weighted by Gasteiger charge is 2.35. The lowest BCUT2D eigenvalue weighted by Gasteiger charge is -2.22. The zero-order valence-electron chi connectivity index (χ0n) is 34.7. The van der Waals surface area contributed by atoms with Crippen LogP contribution in [0.3, 0.4) is 0 Å². The van der Waals surface area contributed by atoms with Gasteiger partial charge in [0.2, 0.25) is 0 Å². The van der Waals surface area contributed by atoms with Crippen LogP contribution in [0.4, 0.5) is 0 Å². The Kier molecular flexibility index (Phi) is 8.30. The summed E-state index contributed by atoms with van der Waals surface area (Å²) in [7, 11) is 0. The first kappa shape index (κ1) is 36.2. The van der Waals surface area contributed by atoms with Crippen molar-refractivity contribution in [3.8, 4) is 50.6 Å². The smallest absolute Gasteiger partial charge is 0.145 e. The molecule has 6 aromatic carbocycles. The molecule has 4 heterocycles. The van der Waals surface area contributed by atoms with Crippen LogP contribution in [-0.2, 0) is 5.41 Å². The minimum atomic E-state index is -0.0819. The summed E-state index contributed by atoms with van der Waals surface area (Å²) in [5.41, 5.74) is 19.9. The first-order valence-corrected chi connectivity index (χ1v) is 21.6. The topological polar surface area (TPSA) is 43.6 Å².